The Morgan fingerprint density at radius 2 is 2.21 bits per heavy atom. The first-order valence-corrected chi connectivity index (χ1v) is 9.21. The molecular weight excluding hydrogens is 366 g/mol. The van der Waals surface area contributed by atoms with Crippen LogP contribution in [0.5, 0.6) is 0 Å². The number of nitrogens with zero attached hydrogens (tertiary/aromatic N) is 3. The Bertz CT molecular complexity index is 1010. The Balaban J connectivity index is 1.36. The van der Waals surface area contributed by atoms with E-state index < -0.39 is 11.6 Å². The highest BCUT2D eigenvalue weighted by Crippen LogP contribution is 2.29. The standard InChI is InChI=1S/C20H20F2N4O2/c1-26-17-4-2-3-16(14(17)10-24-26)25-19(27)7-8-20-23-11-18(28-20)13-6-5-12(21)9-15(13)22/h5-6,9-11,16H,2-4,7-8H2,1H3,(H,25,27). The maximum absolute atomic E-state index is 13.8. The number of oxazole rings is 1. The van der Waals surface area contributed by atoms with Gasteiger partial charge in [-0.05, 0) is 31.4 Å². The number of fused-ring (bicyclic) bond motifs is 1. The third-order valence-corrected chi connectivity index (χ3v) is 5.03. The minimum atomic E-state index is -0.718. The number of carbonyl (C=O) groups is 1. The first-order chi connectivity index (χ1) is 13.5. The van der Waals surface area contributed by atoms with Crippen molar-refractivity contribution < 1.29 is 18.0 Å². The van der Waals surface area contributed by atoms with Gasteiger partial charge in [0.1, 0.15) is 11.6 Å². The van der Waals surface area contributed by atoms with Gasteiger partial charge in [-0.1, -0.05) is 0 Å². The fraction of sp³-hybridized carbons (Fsp3) is 0.350. The van der Waals surface area contributed by atoms with E-state index >= 15 is 0 Å². The Hall–Kier alpha value is -3.03. The van der Waals surface area contributed by atoms with Crippen molar-refractivity contribution in [3.05, 3.63) is 59.4 Å². The van der Waals surface area contributed by atoms with Gasteiger partial charge in [0.2, 0.25) is 5.91 Å². The van der Waals surface area contributed by atoms with Gasteiger partial charge in [-0.3, -0.25) is 9.48 Å². The summed E-state index contributed by atoms with van der Waals surface area (Å²) in [6.45, 7) is 0. The van der Waals surface area contributed by atoms with Gasteiger partial charge in [-0.2, -0.15) is 5.10 Å². The Kier molecular flexibility index (Phi) is 4.93. The van der Waals surface area contributed by atoms with Gasteiger partial charge >= 0.3 is 0 Å². The molecule has 1 aliphatic carbocycles. The van der Waals surface area contributed by atoms with Crippen molar-refractivity contribution >= 4 is 5.91 Å². The lowest BCUT2D eigenvalue weighted by atomic mass is 9.93. The van der Waals surface area contributed by atoms with Gasteiger partial charge in [0.05, 0.1) is 24.0 Å². The van der Waals surface area contributed by atoms with E-state index in [-0.39, 0.29) is 29.7 Å². The summed E-state index contributed by atoms with van der Waals surface area (Å²) in [7, 11) is 1.91. The van der Waals surface area contributed by atoms with Crippen molar-refractivity contribution in [2.45, 2.75) is 38.1 Å². The molecule has 6 nitrogen and oxygen atoms in total. The fourth-order valence-corrected chi connectivity index (χ4v) is 3.58. The minimum Gasteiger partial charge on any atom is -0.441 e. The molecule has 0 saturated carbocycles. The van der Waals surface area contributed by atoms with Crippen LogP contribution in [0.2, 0.25) is 0 Å². The van der Waals surface area contributed by atoms with Crippen LogP contribution in [0.25, 0.3) is 11.3 Å². The molecule has 8 heteroatoms. The second-order valence-electron chi connectivity index (χ2n) is 6.92. The summed E-state index contributed by atoms with van der Waals surface area (Å²) < 4.78 is 34.3. The van der Waals surface area contributed by atoms with E-state index in [1.54, 1.807) is 0 Å². The Morgan fingerprint density at radius 1 is 1.36 bits per heavy atom. The van der Waals surface area contributed by atoms with Gasteiger partial charge in [0.15, 0.2) is 11.7 Å². The van der Waals surface area contributed by atoms with Crippen LogP contribution in [0, 0.1) is 11.6 Å². The molecule has 3 aromatic rings. The zero-order valence-corrected chi connectivity index (χ0v) is 15.4. The van der Waals surface area contributed by atoms with E-state index in [1.807, 2.05) is 17.9 Å². The lowest BCUT2D eigenvalue weighted by Crippen LogP contribution is -2.31. The van der Waals surface area contributed by atoms with Gasteiger partial charge in [0.25, 0.3) is 0 Å². The van der Waals surface area contributed by atoms with E-state index in [9.17, 15) is 13.6 Å². The number of hydrogen-bond acceptors (Lipinski definition) is 4. The van der Waals surface area contributed by atoms with E-state index in [4.69, 9.17) is 4.42 Å². The molecule has 146 valence electrons. The molecule has 1 aromatic carbocycles. The number of rotatable bonds is 5. The molecule has 4 rings (SSSR count). The number of aryl methyl sites for hydroxylation is 2. The fourth-order valence-electron chi connectivity index (χ4n) is 3.58. The molecule has 1 atom stereocenters. The average Bonchev–Trinajstić information content (AvgIpc) is 3.28. The molecule has 0 bridgehead atoms. The SMILES string of the molecule is Cn1ncc2c1CCCC2NC(=O)CCc1ncc(-c2ccc(F)cc2F)o1. The predicted octanol–water partition coefficient (Wildman–Crippen LogP) is 3.48. The van der Waals surface area contributed by atoms with Crippen molar-refractivity contribution in [2.24, 2.45) is 7.05 Å². The van der Waals surface area contributed by atoms with Crippen LogP contribution in [0.4, 0.5) is 8.78 Å². The van der Waals surface area contributed by atoms with Gasteiger partial charge in [-0.15, -0.1) is 0 Å². The van der Waals surface area contributed by atoms with Gasteiger partial charge < -0.3 is 9.73 Å². The highest BCUT2D eigenvalue weighted by Gasteiger charge is 2.24. The van der Waals surface area contributed by atoms with Crippen LogP contribution in [0.15, 0.2) is 35.0 Å². The van der Waals surface area contributed by atoms with Crippen LogP contribution in [0.1, 0.15) is 42.5 Å². The average molecular weight is 386 g/mol. The monoisotopic (exact) mass is 386 g/mol. The smallest absolute Gasteiger partial charge is 0.220 e. The molecule has 1 N–H and O–H groups in total. The van der Waals surface area contributed by atoms with Gasteiger partial charge in [-0.25, -0.2) is 13.8 Å². The summed E-state index contributed by atoms with van der Waals surface area (Å²) in [4.78, 5) is 16.5. The molecule has 1 amide bonds. The summed E-state index contributed by atoms with van der Waals surface area (Å²) >= 11 is 0. The number of aromatic nitrogens is 3. The molecule has 28 heavy (non-hydrogen) atoms. The number of nitrogens with one attached hydrogen (secondary N) is 1. The quantitative estimate of drug-likeness (QED) is 0.729. The minimum absolute atomic E-state index is 0.0293. The summed E-state index contributed by atoms with van der Waals surface area (Å²) in [5.74, 6) is -0.934. The van der Waals surface area contributed by atoms with Crippen LogP contribution < -0.4 is 5.32 Å². The van der Waals surface area contributed by atoms with Gasteiger partial charge in [0, 0.05) is 37.2 Å². The van der Waals surface area contributed by atoms with Crippen molar-refractivity contribution in [3.8, 4) is 11.3 Å². The normalized spacial score (nSPS) is 16.0. The number of halogens is 2. The van der Waals surface area contributed by atoms with Crippen LogP contribution >= 0.6 is 0 Å². The molecule has 0 fully saturated rings. The first-order valence-electron chi connectivity index (χ1n) is 9.21. The van der Waals surface area contributed by atoms with Crippen molar-refractivity contribution in [2.75, 3.05) is 0 Å². The summed E-state index contributed by atoms with van der Waals surface area (Å²) in [6, 6.07) is 3.22. The lowest BCUT2D eigenvalue weighted by molar-refractivity contribution is -0.122. The molecule has 2 aromatic heterocycles. The summed E-state index contributed by atoms with van der Waals surface area (Å²) in [5, 5.41) is 7.33. The van der Waals surface area contributed by atoms with E-state index in [2.05, 4.69) is 15.4 Å². The Labute approximate surface area is 160 Å². The topological polar surface area (TPSA) is 73.0 Å². The molecule has 1 unspecified atom stereocenters. The molecule has 1 aliphatic rings. The second kappa shape index (κ2) is 7.53. The van der Waals surface area contributed by atoms with Crippen molar-refractivity contribution in [1.82, 2.24) is 20.1 Å². The lowest BCUT2D eigenvalue weighted by Gasteiger charge is -2.23. The van der Waals surface area contributed by atoms with E-state index in [0.29, 0.717) is 12.3 Å². The predicted molar refractivity (Wildman–Crippen MR) is 97.2 cm³/mol. The molecular formula is C20H20F2N4O2. The van der Waals surface area contributed by atoms with E-state index in [1.165, 1.54) is 12.3 Å². The first kappa shape index (κ1) is 18.3. The van der Waals surface area contributed by atoms with E-state index in [0.717, 1.165) is 42.7 Å². The van der Waals surface area contributed by atoms with Crippen LogP contribution in [-0.2, 0) is 24.7 Å². The maximum Gasteiger partial charge on any atom is 0.220 e. The summed E-state index contributed by atoms with van der Waals surface area (Å²) in [5.41, 5.74) is 2.37. The number of carbonyl (C=O) groups excluding carboxylic acids is 1. The molecule has 0 saturated heterocycles. The number of benzene rings is 1. The molecule has 0 aliphatic heterocycles. The zero-order valence-electron chi connectivity index (χ0n) is 15.4. The maximum atomic E-state index is 13.8. The molecule has 0 radical (unpaired) electrons. The third kappa shape index (κ3) is 3.67. The highest BCUT2D eigenvalue weighted by atomic mass is 19.1. The zero-order chi connectivity index (χ0) is 19.7. The van der Waals surface area contributed by atoms with Crippen LogP contribution in [0.3, 0.4) is 0 Å². The summed E-state index contributed by atoms with van der Waals surface area (Å²) in [6.07, 6.45) is 6.56. The number of hydrogen-bond donors (Lipinski definition) is 1. The molecule has 0 spiro atoms. The number of amides is 1. The highest BCUT2D eigenvalue weighted by molar-refractivity contribution is 5.76. The largest absolute Gasteiger partial charge is 0.441 e. The van der Waals surface area contributed by atoms with Crippen LogP contribution in [-0.4, -0.2) is 20.7 Å². The Morgan fingerprint density at radius 3 is 3.04 bits per heavy atom. The second-order valence-corrected chi connectivity index (χ2v) is 6.92. The van der Waals surface area contributed by atoms with Crippen molar-refractivity contribution in [3.63, 3.8) is 0 Å². The molecule has 2 heterocycles. The van der Waals surface area contributed by atoms with Crippen molar-refractivity contribution in [1.29, 1.82) is 0 Å². The third-order valence-electron chi connectivity index (χ3n) is 5.03.